The Morgan fingerprint density at radius 2 is 2.31 bits per heavy atom. The molecule has 2 nitrogen and oxygen atoms in total. The van der Waals surface area contributed by atoms with Crippen LogP contribution in [0.5, 0.6) is 0 Å². The molecular formula is C12H18ClFN2. The molecule has 0 aliphatic carbocycles. The molecule has 16 heavy (non-hydrogen) atoms. The number of halogens is 2. The molecule has 0 amide bonds. The highest BCUT2D eigenvalue weighted by molar-refractivity contribution is 5.85. The van der Waals surface area contributed by atoms with Crippen LogP contribution in [-0.4, -0.2) is 31.1 Å². The van der Waals surface area contributed by atoms with E-state index in [1.54, 1.807) is 12.1 Å². The third-order valence-corrected chi connectivity index (χ3v) is 2.98. The van der Waals surface area contributed by atoms with E-state index in [9.17, 15) is 4.39 Å². The summed E-state index contributed by atoms with van der Waals surface area (Å²) in [5, 5.41) is 3.33. The fraction of sp³-hybridized carbons (Fsp3) is 0.500. The van der Waals surface area contributed by atoms with Crippen LogP contribution in [-0.2, 0) is 6.54 Å². The van der Waals surface area contributed by atoms with Crippen molar-refractivity contribution in [2.45, 2.75) is 19.0 Å². The van der Waals surface area contributed by atoms with Gasteiger partial charge in [-0.3, -0.25) is 4.90 Å². The van der Waals surface area contributed by atoms with E-state index in [-0.39, 0.29) is 18.2 Å². The molecule has 1 aromatic carbocycles. The van der Waals surface area contributed by atoms with Gasteiger partial charge in [0.15, 0.2) is 0 Å². The van der Waals surface area contributed by atoms with Gasteiger partial charge in [-0.15, -0.1) is 12.4 Å². The molecule has 90 valence electrons. The molecule has 0 spiro atoms. The Morgan fingerprint density at radius 1 is 1.50 bits per heavy atom. The number of likely N-dealkylation sites (N-methyl/N-ethyl adjacent to an activating group) is 1. The molecule has 2 rings (SSSR count). The van der Waals surface area contributed by atoms with Gasteiger partial charge in [0.1, 0.15) is 5.82 Å². The van der Waals surface area contributed by atoms with Crippen LogP contribution in [0.15, 0.2) is 24.3 Å². The smallest absolute Gasteiger partial charge is 0.123 e. The second-order valence-electron chi connectivity index (χ2n) is 4.19. The third kappa shape index (κ3) is 3.44. The van der Waals surface area contributed by atoms with Gasteiger partial charge in [-0.1, -0.05) is 12.1 Å². The van der Waals surface area contributed by atoms with Crippen molar-refractivity contribution in [3.05, 3.63) is 35.6 Å². The van der Waals surface area contributed by atoms with E-state index >= 15 is 0 Å². The highest BCUT2D eigenvalue weighted by atomic mass is 35.5. The van der Waals surface area contributed by atoms with Gasteiger partial charge >= 0.3 is 0 Å². The first kappa shape index (κ1) is 13.4. The normalized spacial score (nSPS) is 19.8. The summed E-state index contributed by atoms with van der Waals surface area (Å²) in [4.78, 5) is 2.29. The summed E-state index contributed by atoms with van der Waals surface area (Å²) < 4.78 is 13.0. The van der Waals surface area contributed by atoms with E-state index in [4.69, 9.17) is 0 Å². The predicted octanol–water partition coefficient (Wildman–Crippen LogP) is 2.04. The number of hydrogen-bond donors (Lipinski definition) is 1. The van der Waals surface area contributed by atoms with Crippen LogP contribution in [0.3, 0.4) is 0 Å². The molecule has 1 aliphatic rings. The summed E-state index contributed by atoms with van der Waals surface area (Å²) in [6.07, 6.45) is 1.19. The van der Waals surface area contributed by atoms with Crippen molar-refractivity contribution >= 4 is 12.4 Å². The predicted molar refractivity (Wildman–Crippen MR) is 66.4 cm³/mol. The van der Waals surface area contributed by atoms with Crippen molar-refractivity contribution in [3.8, 4) is 0 Å². The number of benzene rings is 1. The van der Waals surface area contributed by atoms with E-state index in [0.717, 1.165) is 25.2 Å². The Bertz CT molecular complexity index is 327. The maximum Gasteiger partial charge on any atom is 0.123 e. The summed E-state index contributed by atoms with van der Waals surface area (Å²) in [6, 6.07) is 7.43. The Hall–Kier alpha value is -0.640. The summed E-state index contributed by atoms with van der Waals surface area (Å²) in [5.41, 5.74) is 1.05. The zero-order valence-electron chi connectivity index (χ0n) is 9.45. The first-order valence-electron chi connectivity index (χ1n) is 5.41. The third-order valence-electron chi connectivity index (χ3n) is 2.98. The molecule has 0 radical (unpaired) electrons. The van der Waals surface area contributed by atoms with Crippen molar-refractivity contribution in [3.63, 3.8) is 0 Å². The second kappa shape index (κ2) is 6.18. The minimum atomic E-state index is -0.148. The zero-order valence-corrected chi connectivity index (χ0v) is 10.3. The molecule has 4 heteroatoms. The van der Waals surface area contributed by atoms with Crippen LogP contribution in [0.1, 0.15) is 12.0 Å². The molecule has 1 aliphatic heterocycles. The lowest BCUT2D eigenvalue weighted by Gasteiger charge is -2.23. The molecular weight excluding hydrogens is 227 g/mol. The van der Waals surface area contributed by atoms with Crippen molar-refractivity contribution < 1.29 is 4.39 Å². The minimum Gasteiger partial charge on any atom is -0.315 e. The Balaban J connectivity index is 0.00000128. The lowest BCUT2D eigenvalue weighted by Crippen LogP contribution is -2.32. The fourth-order valence-electron chi connectivity index (χ4n) is 2.07. The van der Waals surface area contributed by atoms with E-state index in [0.29, 0.717) is 6.04 Å². The highest BCUT2D eigenvalue weighted by Gasteiger charge is 2.18. The molecule has 1 unspecified atom stereocenters. The van der Waals surface area contributed by atoms with Crippen molar-refractivity contribution in [1.82, 2.24) is 10.2 Å². The second-order valence-corrected chi connectivity index (χ2v) is 4.19. The zero-order chi connectivity index (χ0) is 10.7. The van der Waals surface area contributed by atoms with Gasteiger partial charge in [0.25, 0.3) is 0 Å². The van der Waals surface area contributed by atoms with Crippen LogP contribution >= 0.6 is 12.4 Å². The van der Waals surface area contributed by atoms with Crippen molar-refractivity contribution in [2.75, 3.05) is 20.1 Å². The molecule has 0 saturated carbocycles. The van der Waals surface area contributed by atoms with Gasteiger partial charge in [-0.25, -0.2) is 4.39 Å². The van der Waals surface area contributed by atoms with Gasteiger partial charge < -0.3 is 5.32 Å². The topological polar surface area (TPSA) is 15.3 Å². The maximum absolute atomic E-state index is 13.0. The van der Waals surface area contributed by atoms with E-state index in [2.05, 4.69) is 17.3 Å². The van der Waals surface area contributed by atoms with E-state index < -0.39 is 0 Å². The number of nitrogens with zero attached hydrogens (tertiary/aromatic N) is 1. The van der Waals surface area contributed by atoms with Crippen LogP contribution in [0.4, 0.5) is 4.39 Å². The maximum atomic E-state index is 13.0. The standard InChI is InChI=1S/C12H17FN2.ClH/c1-15(12-5-6-14-8-12)9-10-3-2-4-11(13)7-10;/h2-4,7,12,14H,5-6,8-9H2,1H3;1H. The SMILES string of the molecule is CN(Cc1cccc(F)c1)C1CCNC1.Cl. The van der Waals surface area contributed by atoms with Crippen LogP contribution in [0.25, 0.3) is 0 Å². The van der Waals surface area contributed by atoms with E-state index in [1.165, 1.54) is 12.5 Å². The largest absolute Gasteiger partial charge is 0.315 e. The average Bonchev–Trinajstić information content (AvgIpc) is 2.70. The molecule has 1 heterocycles. The lowest BCUT2D eigenvalue weighted by atomic mass is 10.1. The summed E-state index contributed by atoms with van der Waals surface area (Å²) >= 11 is 0. The summed E-state index contributed by atoms with van der Waals surface area (Å²) in [5.74, 6) is -0.148. The van der Waals surface area contributed by atoms with Crippen molar-refractivity contribution in [1.29, 1.82) is 0 Å². The quantitative estimate of drug-likeness (QED) is 0.876. The number of hydrogen-bond acceptors (Lipinski definition) is 2. The van der Waals surface area contributed by atoms with Gasteiger partial charge in [0, 0.05) is 19.1 Å². The summed E-state index contributed by atoms with van der Waals surface area (Å²) in [7, 11) is 2.10. The first-order valence-corrected chi connectivity index (χ1v) is 5.41. The van der Waals surface area contributed by atoms with Gasteiger partial charge in [0.05, 0.1) is 0 Å². The van der Waals surface area contributed by atoms with Crippen LogP contribution < -0.4 is 5.32 Å². The molecule has 1 aromatic rings. The molecule has 0 bridgehead atoms. The highest BCUT2D eigenvalue weighted by Crippen LogP contribution is 2.11. The number of rotatable bonds is 3. The Morgan fingerprint density at radius 3 is 2.94 bits per heavy atom. The molecule has 1 fully saturated rings. The van der Waals surface area contributed by atoms with Crippen LogP contribution in [0, 0.1) is 5.82 Å². The van der Waals surface area contributed by atoms with Crippen molar-refractivity contribution in [2.24, 2.45) is 0 Å². The minimum absolute atomic E-state index is 0. The Labute approximate surface area is 102 Å². The molecule has 1 atom stereocenters. The molecule has 0 aromatic heterocycles. The van der Waals surface area contributed by atoms with Crippen LogP contribution in [0.2, 0.25) is 0 Å². The van der Waals surface area contributed by atoms with Gasteiger partial charge in [-0.2, -0.15) is 0 Å². The average molecular weight is 245 g/mol. The van der Waals surface area contributed by atoms with E-state index in [1.807, 2.05) is 6.07 Å². The lowest BCUT2D eigenvalue weighted by molar-refractivity contribution is 0.248. The van der Waals surface area contributed by atoms with Gasteiger partial charge in [-0.05, 0) is 37.7 Å². The fourth-order valence-corrected chi connectivity index (χ4v) is 2.07. The monoisotopic (exact) mass is 244 g/mol. The molecule has 1 N–H and O–H groups in total. The number of nitrogens with one attached hydrogen (secondary N) is 1. The first-order chi connectivity index (χ1) is 7.25. The molecule has 1 saturated heterocycles. The Kier molecular flexibility index (Phi) is 5.19. The van der Waals surface area contributed by atoms with Gasteiger partial charge in [0.2, 0.25) is 0 Å². The summed E-state index contributed by atoms with van der Waals surface area (Å²) in [6.45, 7) is 2.97.